The standard InChI is InChI=1S/C23H23IN2O4S/c1-28-21-9-4-15(11-16(21)14-30-18-7-5-17(24)6-8-18)12-20-22(27)26(23(31)25-20)13-19-3-2-10-29-19/h4-9,11-12,19H,2-3,10,13-14H2,1H3,(H,25,31)/b20-12+. The highest BCUT2D eigenvalue weighted by Gasteiger charge is 2.33. The maximum Gasteiger partial charge on any atom is 0.276 e. The summed E-state index contributed by atoms with van der Waals surface area (Å²) in [5, 5.41) is 3.46. The normalized spacial score (nSPS) is 19.7. The first-order valence-corrected chi connectivity index (χ1v) is 11.5. The van der Waals surface area contributed by atoms with Crippen molar-refractivity contribution in [3.8, 4) is 11.5 Å². The van der Waals surface area contributed by atoms with Gasteiger partial charge in [0.25, 0.3) is 5.91 Å². The lowest BCUT2D eigenvalue weighted by atomic mass is 10.1. The van der Waals surface area contributed by atoms with Gasteiger partial charge < -0.3 is 19.5 Å². The van der Waals surface area contributed by atoms with E-state index >= 15 is 0 Å². The van der Waals surface area contributed by atoms with Crippen molar-refractivity contribution in [1.82, 2.24) is 10.2 Å². The number of rotatable bonds is 7. The van der Waals surface area contributed by atoms with Crippen molar-refractivity contribution >= 4 is 51.9 Å². The number of nitrogens with one attached hydrogen (secondary N) is 1. The molecule has 2 fully saturated rings. The van der Waals surface area contributed by atoms with Gasteiger partial charge >= 0.3 is 0 Å². The van der Waals surface area contributed by atoms with Crippen LogP contribution in [-0.2, 0) is 16.1 Å². The molecule has 4 rings (SSSR count). The van der Waals surface area contributed by atoms with Crippen LogP contribution in [0.2, 0.25) is 0 Å². The molecule has 1 unspecified atom stereocenters. The van der Waals surface area contributed by atoms with Gasteiger partial charge in [-0.25, -0.2) is 0 Å². The molecule has 2 aliphatic rings. The smallest absolute Gasteiger partial charge is 0.276 e. The molecule has 0 aromatic heterocycles. The fourth-order valence-corrected chi connectivity index (χ4v) is 4.22. The van der Waals surface area contributed by atoms with Crippen LogP contribution in [0.1, 0.15) is 24.0 Å². The SMILES string of the molecule is COc1ccc(/C=C2/NC(=S)N(CC3CCCO3)C2=O)cc1COc1ccc(I)cc1. The summed E-state index contributed by atoms with van der Waals surface area (Å²) in [6.07, 6.45) is 3.83. The molecule has 8 heteroatoms. The van der Waals surface area contributed by atoms with Crippen LogP contribution in [0.25, 0.3) is 6.08 Å². The molecule has 2 aliphatic heterocycles. The maximum absolute atomic E-state index is 12.9. The summed E-state index contributed by atoms with van der Waals surface area (Å²) >= 11 is 7.63. The van der Waals surface area contributed by atoms with Crippen molar-refractivity contribution in [2.24, 2.45) is 0 Å². The average molecular weight is 550 g/mol. The molecule has 2 heterocycles. The van der Waals surface area contributed by atoms with E-state index < -0.39 is 0 Å². The molecule has 6 nitrogen and oxygen atoms in total. The number of amides is 1. The molecule has 2 aromatic carbocycles. The van der Waals surface area contributed by atoms with Gasteiger partial charge in [0.15, 0.2) is 5.11 Å². The predicted molar refractivity (Wildman–Crippen MR) is 131 cm³/mol. The van der Waals surface area contributed by atoms with Gasteiger partial charge in [0.2, 0.25) is 0 Å². The van der Waals surface area contributed by atoms with Gasteiger partial charge in [0.1, 0.15) is 23.8 Å². The summed E-state index contributed by atoms with van der Waals surface area (Å²) in [6.45, 7) is 1.58. The van der Waals surface area contributed by atoms with Crippen molar-refractivity contribution in [3.63, 3.8) is 0 Å². The Morgan fingerprint density at radius 3 is 2.81 bits per heavy atom. The van der Waals surface area contributed by atoms with E-state index in [2.05, 4.69) is 27.9 Å². The molecule has 31 heavy (non-hydrogen) atoms. The summed E-state index contributed by atoms with van der Waals surface area (Å²) in [5.74, 6) is 1.39. The molecule has 0 radical (unpaired) electrons. The first kappa shape index (κ1) is 22.0. The second-order valence-corrected chi connectivity index (χ2v) is 8.99. The van der Waals surface area contributed by atoms with Gasteiger partial charge in [-0.15, -0.1) is 0 Å². The van der Waals surface area contributed by atoms with Crippen molar-refractivity contribution in [2.75, 3.05) is 20.3 Å². The van der Waals surface area contributed by atoms with E-state index in [1.165, 1.54) is 0 Å². The third-order valence-corrected chi connectivity index (χ3v) is 6.24. The average Bonchev–Trinajstić information content (AvgIpc) is 3.38. The molecule has 0 spiro atoms. The molecule has 2 saturated heterocycles. The zero-order valence-electron chi connectivity index (χ0n) is 17.1. The van der Waals surface area contributed by atoms with Gasteiger partial charge in [-0.1, -0.05) is 6.07 Å². The fourth-order valence-electron chi connectivity index (χ4n) is 3.59. The van der Waals surface area contributed by atoms with E-state index in [-0.39, 0.29) is 12.0 Å². The Balaban J connectivity index is 1.49. The number of hydrogen-bond acceptors (Lipinski definition) is 5. The predicted octanol–water partition coefficient (Wildman–Crippen LogP) is 4.12. The van der Waals surface area contributed by atoms with Crippen molar-refractivity contribution in [1.29, 1.82) is 0 Å². The van der Waals surface area contributed by atoms with Crippen molar-refractivity contribution < 1.29 is 19.0 Å². The second-order valence-electron chi connectivity index (χ2n) is 7.35. The van der Waals surface area contributed by atoms with Gasteiger partial charge in [-0.2, -0.15) is 0 Å². The Bertz CT molecular complexity index is 1000. The molecule has 2 aromatic rings. The van der Waals surface area contributed by atoms with Gasteiger partial charge in [0, 0.05) is 15.7 Å². The topological polar surface area (TPSA) is 60.0 Å². The summed E-state index contributed by atoms with van der Waals surface area (Å²) in [6, 6.07) is 13.6. The van der Waals surface area contributed by atoms with E-state index in [0.717, 1.165) is 45.6 Å². The molecule has 162 valence electrons. The zero-order chi connectivity index (χ0) is 21.8. The van der Waals surface area contributed by atoms with Crippen molar-refractivity contribution in [2.45, 2.75) is 25.6 Å². The summed E-state index contributed by atoms with van der Waals surface area (Å²) in [7, 11) is 1.63. The summed E-state index contributed by atoms with van der Waals surface area (Å²) in [5.41, 5.74) is 2.21. The summed E-state index contributed by atoms with van der Waals surface area (Å²) in [4.78, 5) is 14.4. The Morgan fingerprint density at radius 2 is 2.10 bits per heavy atom. The molecular formula is C23H23IN2O4S. The maximum atomic E-state index is 12.9. The first-order chi connectivity index (χ1) is 15.0. The van der Waals surface area contributed by atoms with Crippen molar-refractivity contribution in [3.05, 3.63) is 62.9 Å². The second kappa shape index (κ2) is 9.97. The lowest BCUT2D eigenvalue weighted by molar-refractivity contribution is -0.123. The number of nitrogens with zero attached hydrogens (tertiary/aromatic N) is 1. The minimum Gasteiger partial charge on any atom is -0.496 e. The van der Waals surface area contributed by atoms with Gasteiger partial charge in [-0.05, 0) is 95.7 Å². The minimum atomic E-state index is -0.131. The van der Waals surface area contributed by atoms with E-state index in [9.17, 15) is 4.79 Å². The third kappa shape index (κ3) is 5.36. The highest BCUT2D eigenvalue weighted by Crippen LogP contribution is 2.25. The van der Waals surface area contributed by atoms with Crippen LogP contribution in [0.3, 0.4) is 0 Å². The molecule has 0 aliphatic carbocycles. The monoisotopic (exact) mass is 550 g/mol. The van der Waals surface area contributed by atoms with Crippen LogP contribution in [0.15, 0.2) is 48.2 Å². The number of carbonyl (C=O) groups excluding carboxylic acids is 1. The van der Waals surface area contributed by atoms with Crippen LogP contribution in [0.4, 0.5) is 0 Å². The van der Waals surface area contributed by atoms with Crippen LogP contribution in [-0.4, -0.2) is 42.3 Å². The first-order valence-electron chi connectivity index (χ1n) is 10.0. The van der Waals surface area contributed by atoms with E-state index in [1.54, 1.807) is 18.1 Å². The number of benzene rings is 2. The number of hydrogen-bond donors (Lipinski definition) is 1. The van der Waals surface area contributed by atoms with E-state index in [4.69, 9.17) is 26.4 Å². The van der Waals surface area contributed by atoms with Crippen LogP contribution in [0, 0.1) is 3.57 Å². The van der Waals surface area contributed by atoms with Crippen LogP contribution >= 0.6 is 34.8 Å². The number of thiocarbonyl (C=S) groups is 1. The number of ether oxygens (including phenoxy) is 3. The van der Waals surface area contributed by atoms with E-state index in [0.29, 0.717) is 24.0 Å². The molecule has 0 bridgehead atoms. The number of carbonyl (C=O) groups is 1. The fraction of sp³-hybridized carbons (Fsp3) is 0.304. The quantitative estimate of drug-likeness (QED) is 0.318. The molecule has 0 saturated carbocycles. The molecular weight excluding hydrogens is 527 g/mol. The summed E-state index contributed by atoms with van der Waals surface area (Å²) < 4.78 is 18.2. The van der Waals surface area contributed by atoms with Crippen LogP contribution in [0.5, 0.6) is 11.5 Å². The Hall–Kier alpha value is -2.17. The zero-order valence-corrected chi connectivity index (χ0v) is 20.1. The number of halogens is 1. The molecule has 1 N–H and O–H groups in total. The highest BCUT2D eigenvalue weighted by molar-refractivity contribution is 14.1. The molecule has 1 amide bonds. The lowest BCUT2D eigenvalue weighted by Crippen LogP contribution is -2.37. The van der Waals surface area contributed by atoms with Crippen LogP contribution < -0.4 is 14.8 Å². The van der Waals surface area contributed by atoms with Gasteiger partial charge in [-0.3, -0.25) is 9.69 Å². The number of methoxy groups -OCH3 is 1. The highest BCUT2D eigenvalue weighted by atomic mass is 127. The Kier molecular flexibility index (Phi) is 7.09. The minimum absolute atomic E-state index is 0.0501. The lowest BCUT2D eigenvalue weighted by Gasteiger charge is -2.18. The van der Waals surface area contributed by atoms with Gasteiger partial charge in [0.05, 0.1) is 19.8 Å². The van der Waals surface area contributed by atoms with E-state index in [1.807, 2.05) is 42.5 Å². The Morgan fingerprint density at radius 1 is 1.29 bits per heavy atom. The largest absolute Gasteiger partial charge is 0.496 e. The third-order valence-electron chi connectivity index (χ3n) is 5.20. The molecule has 1 atom stereocenters. The Labute approximate surface area is 200 Å².